The lowest BCUT2D eigenvalue weighted by molar-refractivity contribution is 0.232. The minimum atomic E-state index is -0.0665. The van der Waals surface area contributed by atoms with E-state index in [1.165, 1.54) is 24.0 Å². The third-order valence-electron chi connectivity index (χ3n) is 10.3. The van der Waals surface area contributed by atoms with Crippen molar-refractivity contribution in [1.29, 1.82) is 0 Å². The van der Waals surface area contributed by atoms with E-state index < -0.39 is 0 Å². The lowest BCUT2D eigenvalue weighted by Crippen LogP contribution is -2.12. The van der Waals surface area contributed by atoms with E-state index in [1.54, 1.807) is 7.11 Å². The molecule has 6 aromatic rings. The lowest BCUT2D eigenvalue weighted by Gasteiger charge is -2.26. The van der Waals surface area contributed by atoms with Gasteiger partial charge in [-0.3, -0.25) is 0 Å². The fourth-order valence-corrected chi connectivity index (χ4v) is 6.77. The molecule has 1 unspecified atom stereocenters. The molecule has 0 amide bonds. The molecule has 290 valence electrons. The van der Waals surface area contributed by atoms with Crippen LogP contribution in [0.1, 0.15) is 84.0 Å². The Morgan fingerprint density at radius 1 is 0.596 bits per heavy atom. The van der Waals surface area contributed by atoms with Crippen molar-refractivity contribution in [3.05, 3.63) is 184 Å². The molecule has 6 rings (SSSR count). The minimum absolute atomic E-state index is 0.0665. The number of rotatable bonds is 18. The van der Waals surface area contributed by atoms with Gasteiger partial charge in [-0.1, -0.05) is 154 Å². The highest BCUT2D eigenvalue weighted by Gasteiger charge is 2.14. The van der Waals surface area contributed by atoms with Crippen molar-refractivity contribution in [3.8, 4) is 11.5 Å². The van der Waals surface area contributed by atoms with Crippen molar-refractivity contribution in [2.24, 2.45) is 5.92 Å². The van der Waals surface area contributed by atoms with Crippen LogP contribution in [0.5, 0.6) is 11.5 Å². The van der Waals surface area contributed by atoms with Gasteiger partial charge in [0.1, 0.15) is 11.5 Å². The summed E-state index contributed by atoms with van der Waals surface area (Å²) in [5.41, 5.74) is 11.6. The van der Waals surface area contributed by atoms with Crippen LogP contribution < -0.4 is 14.4 Å². The molecular formula is C53H55NO3. The SMILES string of the molecule is CCCCC(CC)COc1cc(C=Cc2ccc(C)cc2)c(CO)cc1C=Cc1ccc(N(c2ccc(C=Cc3ccccc3)cc2)c2ccc(OC)cc2)cc1. The molecule has 0 aliphatic heterocycles. The Labute approximate surface area is 340 Å². The Morgan fingerprint density at radius 3 is 1.63 bits per heavy atom. The van der Waals surface area contributed by atoms with Gasteiger partial charge in [0.2, 0.25) is 0 Å². The van der Waals surface area contributed by atoms with Crippen molar-refractivity contribution in [1.82, 2.24) is 0 Å². The summed E-state index contributed by atoms with van der Waals surface area (Å²) in [5.74, 6) is 2.13. The topological polar surface area (TPSA) is 41.9 Å². The van der Waals surface area contributed by atoms with Crippen molar-refractivity contribution in [2.75, 3.05) is 18.6 Å². The van der Waals surface area contributed by atoms with Crippen LogP contribution in [0.2, 0.25) is 0 Å². The van der Waals surface area contributed by atoms with Gasteiger partial charge in [0, 0.05) is 22.6 Å². The van der Waals surface area contributed by atoms with Gasteiger partial charge in [-0.05, 0) is 113 Å². The first-order valence-electron chi connectivity index (χ1n) is 20.2. The van der Waals surface area contributed by atoms with Gasteiger partial charge in [-0.25, -0.2) is 0 Å². The Kier molecular flexibility index (Phi) is 14.7. The van der Waals surface area contributed by atoms with E-state index in [0.717, 1.165) is 74.8 Å². The highest BCUT2D eigenvalue weighted by molar-refractivity contribution is 5.81. The molecule has 0 saturated heterocycles. The summed E-state index contributed by atoms with van der Waals surface area (Å²) in [4.78, 5) is 2.25. The van der Waals surface area contributed by atoms with Crippen LogP contribution in [0.3, 0.4) is 0 Å². The average molecular weight is 754 g/mol. The molecule has 57 heavy (non-hydrogen) atoms. The molecule has 0 heterocycles. The maximum absolute atomic E-state index is 10.5. The zero-order valence-corrected chi connectivity index (χ0v) is 33.8. The molecule has 4 heteroatoms. The summed E-state index contributed by atoms with van der Waals surface area (Å²) in [7, 11) is 1.69. The maximum Gasteiger partial charge on any atom is 0.127 e. The summed E-state index contributed by atoms with van der Waals surface area (Å²) in [6, 6.07) is 48.3. The van der Waals surface area contributed by atoms with Crippen LogP contribution in [0, 0.1) is 12.8 Å². The van der Waals surface area contributed by atoms with E-state index >= 15 is 0 Å². The number of benzene rings is 6. The van der Waals surface area contributed by atoms with Crippen LogP contribution >= 0.6 is 0 Å². The first kappa shape index (κ1) is 40.6. The number of unbranched alkanes of at least 4 members (excludes halogenated alkanes) is 1. The number of hydrogen-bond donors (Lipinski definition) is 1. The van der Waals surface area contributed by atoms with Crippen LogP contribution in [0.25, 0.3) is 36.5 Å². The van der Waals surface area contributed by atoms with E-state index in [1.807, 2.05) is 18.2 Å². The van der Waals surface area contributed by atoms with Gasteiger partial charge in [0.15, 0.2) is 0 Å². The molecule has 1 N–H and O–H groups in total. The highest BCUT2D eigenvalue weighted by Crippen LogP contribution is 2.36. The fraction of sp³-hybridized carbons (Fsp3) is 0.208. The first-order chi connectivity index (χ1) is 28.0. The molecule has 0 radical (unpaired) electrons. The Balaban J connectivity index is 1.28. The second-order valence-corrected chi connectivity index (χ2v) is 14.5. The number of aryl methyl sites for hydroxylation is 1. The summed E-state index contributed by atoms with van der Waals surface area (Å²) < 4.78 is 12.1. The average Bonchev–Trinajstić information content (AvgIpc) is 3.26. The van der Waals surface area contributed by atoms with Crippen LogP contribution in [-0.2, 0) is 6.61 Å². The number of anilines is 3. The lowest BCUT2D eigenvalue weighted by atomic mass is 9.99. The highest BCUT2D eigenvalue weighted by atomic mass is 16.5. The third-order valence-corrected chi connectivity index (χ3v) is 10.3. The van der Waals surface area contributed by atoms with Gasteiger partial charge in [-0.2, -0.15) is 0 Å². The predicted molar refractivity (Wildman–Crippen MR) is 243 cm³/mol. The Bertz CT molecular complexity index is 2220. The monoisotopic (exact) mass is 753 g/mol. The van der Waals surface area contributed by atoms with Crippen molar-refractivity contribution >= 4 is 53.5 Å². The molecule has 0 aliphatic carbocycles. The van der Waals surface area contributed by atoms with E-state index in [-0.39, 0.29) is 6.61 Å². The molecule has 0 aromatic heterocycles. The van der Waals surface area contributed by atoms with Crippen LogP contribution in [0.15, 0.2) is 140 Å². The predicted octanol–water partition coefficient (Wildman–Crippen LogP) is 14.1. The second kappa shape index (κ2) is 20.7. The number of ether oxygens (including phenoxy) is 2. The molecule has 0 saturated carbocycles. The Morgan fingerprint density at radius 2 is 1.11 bits per heavy atom. The summed E-state index contributed by atoms with van der Waals surface area (Å²) in [6.07, 6.45) is 17.3. The third kappa shape index (κ3) is 11.5. The molecular weight excluding hydrogens is 699 g/mol. The minimum Gasteiger partial charge on any atom is -0.497 e. The summed E-state index contributed by atoms with van der Waals surface area (Å²) in [5, 5.41) is 10.5. The summed E-state index contributed by atoms with van der Waals surface area (Å²) >= 11 is 0. The normalized spacial score (nSPS) is 12.1. The maximum atomic E-state index is 10.5. The molecule has 0 fully saturated rings. The zero-order valence-electron chi connectivity index (χ0n) is 33.8. The van der Waals surface area contributed by atoms with E-state index in [2.05, 4.69) is 183 Å². The standard InChI is InChI=1S/C53H55NO3/c1-5-7-11-41(6-2)39-57-53-37-46(26-20-43-16-14-40(3)15-17-43)48(38-55)36-47(53)27-21-45-24-30-50(31-25-45)54(51-32-34-52(56-4)35-33-51)49-28-22-44(23-29-49)19-18-42-12-9-8-10-13-42/h8-10,12-37,41,55H,5-7,11,38-39H2,1-4H3. The number of methoxy groups -OCH3 is 1. The summed E-state index contributed by atoms with van der Waals surface area (Å²) in [6.45, 7) is 7.17. The van der Waals surface area contributed by atoms with Gasteiger partial charge in [0.25, 0.3) is 0 Å². The van der Waals surface area contributed by atoms with Crippen LogP contribution in [0.4, 0.5) is 17.1 Å². The smallest absolute Gasteiger partial charge is 0.127 e. The molecule has 0 spiro atoms. The van der Waals surface area contributed by atoms with E-state index in [4.69, 9.17) is 9.47 Å². The molecule has 4 nitrogen and oxygen atoms in total. The number of nitrogens with zero attached hydrogens (tertiary/aromatic N) is 1. The fourth-order valence-electron chi connectivity index (χ4n) is 6.77. The Hall–Kier alpha value is -6.10. The zero-order chi connectivity index (χ0) is 39.8. The molecule has 1 atom stereocenters. The van der Waals surface area contributed by atoms with Gasteiger partial charge < -0.3 is 19.5 Å². The molecule has 6 aromatic carbocycles. The van der Waals surface area contributed by atoms with Crippen molar-refractivity contribution in [2.45, 2.75) is 53.1 Å². The largest absolute Gasteiger partial charge is 0.497 e. The van der Waals surface area contributed by atoms with E-state index in [9.17, 15) is 5.11 Å². The number of hydrogen-bond acceptors (Lipinski definition) is 4. The second-order valence-electron chi connectivity index (χ2n) is 14.5. The quantitative estimate of drug-likeness (QED) is 0.0888. The van der Waals surface area contributed by atoms with Gasteiger partial charge in [-0.15, -0.1) is 0 Å². The first-order valence-corrected chi connectivity index (χ1v) is 20.2. The van der Waals surface area contributed by atoms with E-state index in [0.29, 0.717) is 12.5 Å². The number of aliphatic hydroxyl groups is 1. The van der Waals surface area contributed by atoms with Crippen molar-refractivity contribution in [3.63, 3.8) is 0 Å². The number of aliphatic hydroxyl groups excluding tert-OH is 1. The van der Waals surface area contributed by atoms with Crippen LogP contribution in [-0.4, -0.2) is 18.8 Å². The molecule has 0 bridgehead atoms. The van der Waals surface area contributed by atoms with Gasteiger partial charge in [0.05, 0.1) is 20.3 Å². The molecule has 0 aliphatic rings. The van der Waals surface area contributed by atoms with Gasteiger partial charge >= 0.3 is 0 Å². The van der Waals surface area contributed by atoms with Crippen molar-refractivity contribution < 1.29 is 14.6 Å².